The van der Waals surface area contributed by atoms with Crippen molar-refractivity contribution >= 4 is 11.4 Å². The molecule has 0 aromatic heterocycles. The van der Waals surface area contributed by atoms with E-state index in [1.165, 1.54) is 6.07 Å². The van der Waals surface area contributed by atoms with E-state index in [0.717, 1.165) is 19.3 Å². The molecule has 0 aliphatic heterocycles. The maximum absolute atomic E-state index is 13.5. The maximum Gasteiger partial charge on any atom is 0.167 e. The van der Waals surface area contributed by atoms with Crippen LogP contribution in [0, 0.1) is 5.82 Å². The number of hydrogen-bond acceptors (Lipinski definition) is 4. The average molecular weight is 256 g/mol. The third kappa shape index (κ3) is 4.41. The second-order valence-corrected chi connectivity index (χ2v) is 4.08. The number of ether oxygens (including phenoxy) is 1. The molecule has 0 aliphatic rings. The second-order valence-electron chi connectivity index (χ2n) is 4.08. The van der Waals surface area contributed by atoms with Crippen LogP contribution < -0.4 is 15.8 Å². The number of benzene rings is 1. The zero-order chi connectivity index (χ0) is 13.4. The first-order valence-electron chi connectivity index (χ1n) is 6.25. The van der Waals surface area contributed by atoms with E-state index in [4.69, 9.17) is 15.6 Å². The number of nitrogen functional groups attached to an aromatic ring is 1. The van der Waals surface area contributed by atoms with Gasteiger partial charge in [0.15, 0.2) is 11.6 Å². The average Bonchev–Trinajstić information content (AvgIpc) is 2.35. The topological polar surface area (TPSA) is 67.5 Å². The van der Waals surface area contributed by atoms with Crippen LogP contribution in [0.1, 0.15) is 26.2 Å². The van der Waals surface area contributed by atoms with Gasteiger partial charge in [0.2, 0.25) is 0 Å². The molecule has 0 spiro atoms. The predicted molar refractivity (Wildman–Crippen MR) is 71.4 cm³/mol. The minimum Gasteiger partial charge on any atom is -0.490 e. The van der Waals surface area contributed by atoms with Gasteiger partial charge < -0.3 is 20.9 Å². The molecular formula is C13H21FN2O2. The summed E-state index contributed by atoms with van der Waals surface area (Å²) >= 11 is 0. The van der Waals surface area contributed by atoms with Gasteiger partial charge >= 0.3 is 0 Å². The Labute approximate surface area is 107 Å². The first kappa shape index (κ1) is 14.6. The van der Waals surface area contributed by atoms with Crippen molar-refractivity contribution in [1.82, 2.24) is 0 Å². The van der Waals surface area contributed by atoms with Gasteiger partial charge in [-0.3, -0.25) is 0 Å². The number of aliphatic hydroxyl groups is 1. The Bertz CT molecular complexity index is 372. The summed E-state index contributed by atoms with van der Waals surface area (Å²) in [6.45, 7) is 3.29. The Morgan fingerprint density at radius 1 is 1.39 bits per heavy atom. The first-order valence-corrected chi connectivity index (χ1v) is 6.25. The van der Waals surface area contributed by atoms with Gasteiger partial charge in [-0.1, -0.05) is 6.92 Å². The van der Waals surface area contributed by atoms with Crippen molar-refractivity contribution in [3.05, 3.63) is 17.9 Å². The molecule has 0 aliphatic carbocycles. The standard InChI is InChI=1S/C13H21FN2O2/c1-2-7-18-13-9-12(11(15)8-10(13)14)16-5-3-4-6-17/h8-9,16-17H,2-7,15H2,1H3. The van der Waals surface area contributed by atoms with E-state index in [9.17, 15) is 4.39 Å². The number of anilines is 2. The first-order chi connectivity index (χ1) is 8.69. The normalized spacial score (nSPS) is 10.4. The number of nitrogens with one attached hydrogen (secondary N) is 1. The quantitative estimate of drug-likeness (QED) is 0.493. The Kier molecular flexibility index (Phi) is 6.28. The molecule has 0 atom stereocenters. The lowest BCUT2D eigenvalue weighted by molar-refractivity contribution is 0.286. The highest BCUT2D eigenvalue weighted by Crippen LogP contribution is 2.28. The van der Waals surface area contributed by atoms with E-state index in [2.05, 4.69) is 5.32 Å². The van der Waals surface area contributed by atoms with Crippen molar-refractivity contribution in [2.75, 3.05) is 30.8 Å². The van der Waals surface area contributed by atoms with Crippen LogP contribution in [-0.2, 0) is 0 Å². The van der Waals surface area contributed by atoms with Crippen molar-refractivity contribution in [2.45, 2.75) is 26.2 Å². The summed E-state index contributed by atoms with van der Waals surface area (Å²) in [6, 6.07) is 2.85. The molecule has 1 rings (SSSR count). The monoisotopic (exact) mass is 256 g/mol. The fraction of sp³-hybridized carbons (Fsp3) is 0.538. The van der Waals surface area contributed by atoms with Crippen LogP contribution in [0.5, 0.6) is 5.75 Å². The summed E-state index contributed by atoms with van der Waals surface area (Å²) in [5, 5.41) is 11.8. The molecule has 0 bridgehead atoms. The number of rotatable bonds is 8. The second kappa shape index (κ2) is 7.76. The fourth-order valence-electron chi connectivity index (χ4n) is 1.50. The van der Waals surface area contributed by atoms with E-state index in [-0.39, 0.29) is 12.4 Å². The van der Waals surface area contributed by atoms with Crippen molar-refractivity contribution in [1.29, 1.82) is 0 Å². The van der Waals surface area contributed by atoms with Gasteiger partial charge in [-0.05, 0) is 19.3 Å². The van der Waals surface area contributed by atoms with Crippen LogP contribution in [0.4, 0.5) is 15.8 Å². The van der Waals surface area contributed by atoms with Gasteiger partial charge in [0, 0.05) is 25.3 Å². The van der Waals surface area contributed by atoms with Gasteiger partial charge in [-0.2, -0.15) is 0 Å². The van der Waals surface area contributed by atoms with Gasteiger partial charge in [0.05, 0.1) is 18.0 Å². The Balaban J connectivity index is 2.65. The number of aliphatic hydroxyl groups excluding tert-OH is 1. The predicted octanol–water partition coefficient (Wildman–Crippen LogP) is 2.38. The zero-order valence-corrected chi connectivity index (χ0v) is 10.7. The van der Waals surface area contributed by atoms with E-state index >= 15 is 0 Å². The largest absolute Gasteiger partial charge is 0.490 e. The SMILES string of the molecule is CCCOc1cc(NCCCCO)c(N)cc1F. The molecule has 4 nitrogen and oxygen atoms in total. The van der Waals surface area contributed by atoms with Crippen LogP contribution in [-0.4, -0.2) is 24.9 Å². The van der Waals surface area contributed by atoms with Crippen molar-refractivity contribution in [3.8, 4) is 5.75 Å². The molecule has 0 fully saturated rings. The summed E-state index contributed by atoms with van der Waals surface area (Å²) in [5.74, 6) is -0.224. The van der Waals surface area contributed by atoms with E-state index < -0.39 is 5.82 Å². The zero-order valence-electron chi connectivity index (χ0n) is 10.7. The molecule has 5 heteroatoms. The third-order valence-corrected chi connectivity index (χ3v) is 2.47. The minimum absolute atomic E-state index is 0.172. The smallest absolute Gasteiger partial charge is 0.167 e. The van der Waals surface area contributed by atoms with Crippen molar-refractivity contribution in [3.63, 3.8) is 0 Å². The van der Waals surface area contributed by atoms with Gasteiger partial charge in [-0.15, -0.1) is 0 Å². The van der Waals surface area contributed by atoms with E-state index in [0.29, 0.717) is 24.5 Å². The van der Waals surface area contributed by atoms with Gasteiger partial charge in [0.1, 0.15) is 0 Å². The summed E-state index contributed by atoms with van der Waals surface area (Å²) in [7, 11) is 0. The van der Waals surface area contributed by atoms with Gasteiger partial charge in [0.25, 0.3) is 0 Å². The molecule has 102 valence electrons. The summed E-state index contributed by atoms with van der Waals surface area (Å²) in [4.78, 5) is 0. The highest BCUT2D eigenvalue weighted by molar-refractivity contribution is 5.68. The number of nitrogens with two attached hydrogens (primary N) is 1. The lowest BCUT2D eigenvalue weighted by atomic mass is 10.2. The van der Waals surface area contributed by atoms with Gasteiger partial charge in [-0.25, -0.2) is 4.39 Å². The summed E-state index contributed by atoms with van der Waals surface area (Å²) < 4.78 is 18.8. The summed E-state index contributed by atoms with van der Waals surface area (Å²) in [6.07, 6.45) is 2.38. The molecule has 0 heterocycles. The Hall–Kier alpha value is -1.49. The van der Waals surface area contributed by atoms with Crippen LogP contribution in [0.25, 0.3) is 0 Å². The van der Waals surface area contributed by atoms with Crippen LogP contribution in [0.2, 0.25) is 0 Å². The fourth-order valence-corrected chi connectivity index (χ4v) is 1.50. The number of unbranched alkanes of at least 4 members (excludes halogenated alkanes) is 1. The van der Waals surface area contributed by atoms with E-state index in [1.807, 2.05) is 6.92 Å². The molecule has 18 heavy (non-hydrogen) atoms. The lowest BCUT2D eigenvalue weighted by Crippen LogP contribution is -2.06. The maximum atomic E-state index is 13.5. The van der Waals surface area contributed by atoms with Crippen LogP contribution in [0.3, 0.4) is 0 Å². The molecule has 1 aromatic carbocycles. The molecule has 0 amide bonds. The molecule has 1 aromatic rings. The number of hydrogen-bond donors (Lipinski definition) is 3. The van der Waals surface area contributed by atoms with Crippen molar-refractivity contribution in [2.24, 2.45) is 0 Å². The molecule has 0 radical (unpaired) electrons. The van der Waals surface area contributed by atoms with Crippen LogP contribution >= 0.6 is 0 Å². The Morgan fingerprint density at radius 3 is 2.83 bits per heavy atom. The Morgan fingerprint density at radius 2 is 2.17 bits per heavy atom. The molecule has 4 N–H and O–H groups in total. The highest BCUT2D eigenvalue weighted by Gasteiger charge is 2.08. The molecule has 0 saturated heterocycles. The molecular weight excluding hydrogens is 235 g/mol. The highest BCUT2D eigenvalue weighted by atomic mass is 19.1. The summed E-state index contributed by atoms with van der Waals surface area (Å²) in [5.41, 5.74) is 6.75. The lowest BCUT2D eigenvalue weighted by Gasteiger charge is -2.12. The number of halogens is 1. The van der Waals surface area contributed by atoms with Crippen molar-refractivity contribution < 1.29 is 14.2 Å². The third-order valence-electron chi connectivity index (χ3n) is 2.47. The molecule has 0 unspecified atom stereocenters. The van der Waals surface area contributed by atoms with E-state index in [1.54, 1.807) is 6.07 Å². The van der Waals surface area contributed by atoms with Crippen LogP contribution in [0.15, 0.2) is 12.1 Å². The minimum atomic E-state index is -0.443. The molecule has 0 saturated carbocycles.